The highest BCUT2D eigenvalue weighted by molar-refractivity contribution is 5.51. The Bertz CT molecular complexity index is 446. The van der Waals surface area contributed by atoms with E-state index in [4.69, 9.17) is 0 Å². The molecule has 19 heavy (non-hydrogen) atoms. The largest absolute Gasteiger partial charge is 0.389 e. The van der Waals surface area contributed by atoms with E-state index in [0.29, 0.717) is 29.1 Å². The van der Waals surface area contributed by atoms with E-state index in [1.807, 2.05) is 6.07 Å². The number of nitrogens with zero attached hydrogens (tertiary/aromatic N) is 1. The lowest BCUT2D eigenvalue weighted by Gasteiger charge is -2.42. The van der Waals surface area contributed by atoms with Gasteiger partial charge in [0.05, 0.1) is 11.8 Å². The van der Waals surface area contributed by atoms with Crippen LogP contribution in [0.5, 0.6) is 0 Å². The summed E-state index contributed by atoms with van der Waals surface area (Å²) in [4.78, 5) is 2.17. The van der Waals surface area contributed by atoms with Gasteiger partial charge in [0.2, 0.25) is 0 Å². The highest BCUT2D eigenvalue weighted by Gasteiger charge is 2.30. The number of rotatable bonds is 2. The van der Waals surface area contributed by atoms with Crippen molar-refractivity contribution in [2.75, 3.05) is 11.4 Å². The van der Waals surface area contributed by atoms with Gasteiger partial charge in [-0.2, -0.15) is 0 Å². The van der Waals surface area contributed by atoms with Crippen molar-refractivity contribution in [2.24, 2.45) is 11.8 Å². The molecule has 1 aromatic rings. The van der Waals surface area contributed by atoms with Crippen molar-refractivity contribution >= 4 is 5.69 Å². The van der Waals surface area contributed by atoms with Crippen molar-refractivity contribution < 1.29 is 9.50 Å². The van der Waals surface area contributed by atoms with E-state index in [2.05, 4.69) is 25.7 Å². The molecule has 0 radical (unpaired) electrons. The fraction of sp³-hybridized carbons (Fsp3) is 0.625. The predicted octanol–water partition coefficient (Wildman–Crippen LogP) is 3.75. The minimum Gasteiger partial charge on any atom is -0.389 e. The highest BCUT2D eigenvalue weighted by atomic mass is 19.1. The summed E-state index contributed by atoms with van der Waals surface area (Å²) in [5.74, 6) is 0.924. The van der Waals surface area contributed by atoms with Crippen molar-refractivity contribution in [1.29, 1.82) is 0 Å². The lowest BCUT2D eigenvalue weighted by Crippen LogP contribution is -2.46. The maximum atomic E-state index is 14.3. The van der Waals surface area contributed by atoms with Crippen LogP contribution in [-0.2, 0) is 0 Å². The Hall–Kier alpha value is -1.09. The second-order valence-corrected chi connectivity index (χ2v) is 6.10. The molecule has 0 aromatic heterocycles. The maximum absolute atomic E-state index is 14.3. The van der Waals surface area contributed by atoms with Gasteiger partial charge in [0, 0.05) is 12.6 Å². The van der Waals surface area contributed by atoms with E-state index < -0.39 is 6.10 Å². The van der Waals surface area contributed by atoms with Crippen LogP contribution in [-0.4, -0.2) is 17.7 Å². The lowest BCUT2D eigenvalue weighted by molar-refractivity contribution is 0.199. The first-order valence-corrected chi connectivity index (χ1v) is 7.14. The summed E-state index contributed by atoms with van der Waals surface area (Å²) in [6, 6.07) is 5.43. The maximum Gasteiger partial charge on any atom is 0.146 e. The minimum absolute atomic E-state index is 0.230. The van der Waals surface area contributed by atoms with E-state index >= 15 is 0 Å². The smallest absolute Gasteiger partial charge is 0.146 e. The van der Waals surface area contributed by atoms with Crippen LogP contribution in [0, 0.1) is 17.7 Å². The summed E-state index contributed by atoms with van der Waals surface area (Å²) in [5, 5.41) is 9.51. The molecule has 1 heterocycles. The number of anilines is 1. The molecule has 1 aromatic carbocycles. The van der Waals surface area contributed by atoms with E-state index in [9.17, 15) is 9.50 Å². The second kappa shape index (κ2) is 5.49. The molecule has 106 valence electrons. The van der Waals surface area contributed by atoms with Gasteiger partial charge in [0.1, 0.15) is 5.82 Å². The molecule has 1 N–H and O–H groups in total. The third-order valence-electron chi connectivity index (χ3n) is 4.36. The Balaban J connectivity index is 2.30. The number of piperidine rings is 1. The Labute approximate surface area is 115 Å². The summed E-state index contributed by atoms with van der Waals surface area (Å²) in [5.41, 5.74) is 1.29. The van der Waals surface area contributed by atoms with Crippen LogP contribution < -0.4 is 4.90 Å². The minimum atomic E-state index is -0.625. The Morgan fingerprint density at radius 2 is 2.00 bits per heavy atom. The summed E-state index contributed by atoms with van der Waals surface area (Å²) in [6.07, 6.45) is 0.575. The summed E-state index contributed by atoms with van der Waals surface area (Å²) < 4.78 is 14.3. The van der Waals surface area contributed by atoms with Gasteiger partial charge in [0.15, 0.2) is 0 Å². The molecule has 0 aliphatic carbocycles. The fourth-order valence-electron chi connectivity index (χ4n) is 3.05. The quantitative estimate of drug-likeness (QED) is 0.880. The van der Waals surface area contributed by atoms with E-state index in [1.165, 1.54) is 12.5 Å². The van der Waals surface area contributed by atoms with Crippen LogP contribution in [0.2, 0.25) is 0 Å². The Morgan fingerprint density at radius 1 is 1.32 bits per heavy atom. The number of halogens is 1. The van der Waals surface area contributed by atoms with Crippen LogP contribution in [0.25, 0.3) is 0 Å². The van der Waals surface area contributed by atoms with Gasteiger partial charge < -0.3 is 10.0 Å². The van der Waals surface area contributed by atoms with Gasteiger partial charge in [-0.3, -0.25) is 0 Å². The topological polar surface area (TPSA) is 23.5 Å². The molecule has 2 rings (SSSR count). The molecule has 4 atom stereocenters. The predicted molar refractivity (Wildman–Crippen MR) is 76.8 cm³/mol. The molecule has 1 fully saturated rings. The van der Waals surface area contributed by atoms with Crippen LogP contribution in [0.4, 0.5) is 10.1 Å². The van der Waals surface area contributed by atoms with Gasteiger partial charge in [-0.1, -0.05) is 19.9 Å². The number of benzene rings is 1. The third kappa shape index (κ3) is 2.92. The molecule has 0 saturated carbocycles. The lowest BCUT2D eigenvalue weighted by atomic mass is 9.85. The zero-order valence-electron chi connectivity index (χ0n) is 12.2. The van der Waals surface area contributed by atoms with Gasteiger partial charge in [-0.05, 0) is 49.8 Å². The van der Waals surface area contributed by atoms with Gasteiger partial charge >= 0.3 is 0 Å². The average Bonchev–Trinajstić information content (AvgIpc) is 2.33. The molecule has 3 unspecified atom stereocenters. The number of hydrogen-bond donors (Lipinski definition) is 1. The molecule has 0 bridgehead atoms. The second-order valence-electron chi connectivity index (χ2n) is 6.10. The van der Waals surface area contributed by atoms with Crippen molar-refractivity contribution in [2.45, 2.75) is 46.3 Å². The first-order valence-electron chi connectivity index (χ1n) is 7.14. The van der Waals surface area contributed by atoms with Gasteiger partial charge in [-0.15, -0.1) is 0 Å². The standard InChI is InChI=1S/C16H24FNO/c1-10-7-11(2)12(3)18(9-10)16-6-5-14(13(4)19)8-15(16)17/h5-6,8,10-13,19H,7,9H2,1-4H3/t10?,11?,12?,13-/m1/s1. The van der Waals surface area contributed by atoms with Gasteiger partial charge in [0.25, 0.3) is 0 Å². The molecule has 1 aliphatic heterocycles. The molecule has 0 amide bonds. The molecule has 1 aliphatic rings. The summed E-state index contributed by atoms with van der Waals surface area (Å²) in [7, 11) is 0. The molecule has 2 nitrogen and oxygen atoms in total. The molecular weight excluding hydrogens is 241 g/mol. The number of hydrogen-bond acceptors (Lipinski definition) is 2. The fourth-order valence-corrected chi connectivity index (χ4v) is 3.05. The Kier molecular flexibility index (Phi) is 4.14. The third-order valence-corrected chi connectivity index (χ3v) is 4.36. The van der Waals surface area contributed by atoms with Crippen LogP contribution in [0.1, 0.15) is 45.8 Å². The molecule has 1 saturated heterocycles. The molecular formula is C16H24FNO. The SMILES string of the molecule is CC1CC(C)C(C)N(c2ccc([C@@H](C)O)cc2F)C1. The van der Waals surface area contributed by atoms with Crippen LogP contribution in [0.15, 0.2) is 18.2 Å². The van der Waals surface area contributed by atoms with Crippen LogP contribution >= 0.6 is 0 Å². The van der Waals surface area contributed by atoms with E-state index in [0.717, 1.165) is 6.54 Å². The first kappa shape index (κ1) is 14.3. The number of aliphatic hydroxyl groups excluding tert-OH is 1. The summed E-state index contributed by atoms with van der Waals surface area (Å²) in [6.45, 7) is 9.17. The molecule has 0 spiro atoms. The van der Waals surface area contributed by atoms with E-state index in [-0.39, 0.29) is 5.82 Å². The van der Waals surface area contributed by atoms with Crippen molar-refractivity contribution in [3.63, 3.8) is 0 Å². The zero-order valence-corrected chi connectivity index (χ0v) is 12.2. The van der Waals surface area contributed by atoms with Gasteiger partial charge in [-0.25, -0.2) is 4.39 Å². The first-order chi connectivity index (χ1) is 8.90. The monoisotopic (exact) mass is 265 g/mol. The highest BCUT2D eigenvalue weighted by Crippen LogP contribution is 2.33. The Morgan fingerprint density at radius 3 is 2.58 bits per heavy atom. The van der Waals surface area contributed by atoms with Crippen molar-refractivity contribution in [3.8, 4) is 0 Å². The summed E-state index contributed by atoms with van der Waals surface area (Å²) >= 11 is 0. The average molecular weight is 265 g/mol. The molecule has 3 heteroatoms. The zero-order chi connectivity index (χ0) is 14.2. The van der Waals surface area contributed by atoms with E-state index in [1.54, 1.807) is 13.0 Å². The number of aliphatic hydroxyl groups is 1. The van der Waals surface area contributed by atoms with Crippen molar-refractivity contribution in [3.05, 3.63) is 29.6 Å². The van der Waals surface area contributed by atoms with Crippen LogP contribution in [0.3, 0.4) is 0 Å². The normalized spacial score (nSPS) is 29.4. The van der Waals surface area contributed by atoms with Crippen molar-refractivity contribution in [1.82, 2.24) is 0 Å².